The molecule has 0 unspecified atom stereocenters. The highest BCUT2D eigenvalue weighted by atomic mass is 32.2. The third-order valence-electron chi connectivity index (χ3n) is 4.17. The van der Waals surface area contributed by atoms with Crippen LogP contribution in [0.25, 0.3) is 0 Å². The number of benzene rings is 3. The van der Waals surface area contributed by atoms with Gasteiger partial charge >= 0.3 is 6.18 Å². The van der Waals surface area contributed by atoms with Gasteiger partial charge in [0.15, 0.2) is 14.7 Å². The van der Waals surface area contributed by atoms with Crippen molar-refractivity contribution >= 4 is 34.4 Å². The van der Waals surface area contributed by atoms with Crippen molar-refractivity contribution in [3.63, 3.8) is 0 Å². The van der Waals surface area contributed by atoms with E-state index in [1.165, 1.54) is 12.1 Å². The second kappa shape index (κ2) is 8.89. The Morgan fingerprint density at radius 3 is 1.71 bits per heavy atom. The zero-order valence-electron chi connectivity index (χ0n) is 15.7. The number of hydrogen-bond acceptors (Lipinski definition) is 2. The Bertz CT molecular complexity index is 920. The summed E-state index contributed by atoms with van der Waals surface area (Å²) in [7, 11) is -0.620. The number of thioether (sulfide) groups is 2. The molecular weight excluding hydrogens is 417 g/mol. The summed E-state index contributed by atoms with van der Waals surface area (Å²) in [6.45, 7) is 1.72. The second-order valence-electron chi connectivity index (χ2n) is 6.20. The van der Waals surface area contributed by atoms with E-state index in [-0.39, 0.29) is 0 Å². The number of alkyl halides is 3. The van der Waals surface area contributed by atoms with E-state index < -0.39 is 22.6 Å². The van der Waals surface area contributed by atoms with Crippen LogP contribution >= 0.6 is 23.5 Å². The minimum absolute atomic E-state index is 0.595. The molecular formula is C22H20F3S3+. The molecule has 0 aliphatic rings. The van der Waals surface area contributed by atoms with E-state index in [1.807, 2.05) is 55.0 Å². The van der Waals surface area contributed by atoms with Gasteiger partial charge in [0.25, 0.3) is 0 Å². The molecule has 3 rings (SSSR count). The van der Waals surface area contributed by atoms with Crippen LogP contribution in [0, 0.1) is 6.92 Å². The highest BCUT2D eigenvalue weighted by molar-refractivity contribution is 7.99. The van der Waals surface area contributed by atoms with Crippen molar-refractivity contribution in [3.8, 4) is 0 Å². The van der Waals surface area contributed by atoms with Crippen molar-refractivity contribution in [1.29, 1.82) is 0 Å². The molecule has 0 aliphatic heterocycles. The van der Waals surface area contributed by atoms with Crippen LogP contribution in [0.2, 0.25) is 0 Å². The Balaban J connectivity index is 2.23. The van der Waals surface area contributed by atoms with Crippen LogP contribution in [-0.2, 0) is 17.1 Å². The third kappa shape index (κ3) is 4.91. The Labute approximate surface area is 175 Å². The first-order chi connectivity index (χ1) is 13.3. The minimum Gasteiger partial charge on any atom is -0.166 e. The van der Waals surface area contributed by atoms with Gasteiger partial charge in [-0.15, -0.1) is 23.5 Å². The van der Waals surface area contributed by atoms with Crippen LogP contribution in [0.1, 0.15) is 11.1 Å². The van der Waals surface area contributed by atoms with Crippen molar-refractivity contribution < 1.29 is 13.2 Å². The van der Waals surface area contributed by atoms with Crippen molar-refractivity contribution in [1.82, 2.24) is 0 Å². The number of hydrogen-bond donors (Lipinski definition) is 0. The molecule has 0 fully saturated rings. The lowest BCUT2D eigenvalue weighted by molar-refractivity contribution is -0.137. The van der Waals surface area contributed by atoms with Gasteiger partial charge in [0.2, 0.25) is 0 Å². The van der Waals surface area contributed by atoms with E-state index in [0.717, 1.165) is 19.6 Å². The summed E-state index contributed by atoms with van der Waals surface area (Å²) >= 11 is 3.26. The largest absolute Gasteiger partial charge is 0.416 e. The molecule has 6 heteroatoms. The highest BCUT2D eigenvalue weighted by Crippen LogP contribution is 2.38. The van der Waals surface area contributed by atoms with Gasteiger partial charge in [-0.05, 0) is 61.4 Å². The van der Waals surface area contributed by atoms with Crippen molar-refractivity contribution in [2.75, 3.05) is 12.5 Å². The van der Waals surface area contributed by atoms with Gasteiger partial charge < -0.3 is 0 Å². The van der Waals surface area contributed by atoms with E-state index in [0.29, 0.717) is 10.5 Å². The third-order valence-corrected chi connectivity index (χ3v) is 7.78. The summed E-state index contributed by atoms with van der Waals surface area (Å²) in [6.07, 6.45) is -0.363. The van der Waals surface area contributed by atoms with Gasteiger partial charge in [0, 0.05) is 28.0 Å². The fraction of sp³-hybridized carbons (Fsp3) is 0.182. The van der Waals surface area contributed by atoms with Gasteiger partial charge in [0.05, 0.1) is 16.5 Å². The smallest absolute Gasteiger partial charge is 0.166 e. The minimum atomic E-state index is -4.36. The first kappa shape index (κ1) is 21.2. The molecule has 0 saturated heterocycles. The maximum absolute atomic E-state index is 13.5. The van der Waals surface area contributed by atoms with Gasteiger partial charge in [-0.2, -0.15) is 13.2 Å². The van der Waals surface area contributed by atoms with Crippen LogP contribution in [0.5, 0.6) is 0 Å². The fourth-order valence-electron chi connectivity index (χ4n) is 2.89. The molecule has 0 heterocycles. The molecule has 0 aromatic heterocycles. The maximum Gasteiger partial charge on any atom is 0.416 e. The van der Waals surface area contributed by atoms with Crippen LogP contribution in [0.15, 0.2) is 91.2 Å². The highest BCUT2D eigenvalue weighted by Gasteiger charge is 2.35. The Hall–Kier alpha value is -1.50. The average Bonchev–Trinajstić information content (AvgIpc) is 2.67. The normalized spacial score (nSPS) is 11.8. The molecule has 28 heavy (non-hydrogen) atoms. The number of rotatable bonds is 5. The zero-order chi connectivity index (χ0) is 20.3. The number of halogens is 3. The topological polar surface area (TPSA) is 0 Å². The molecule has 0 spiro atoms. The maximum atomic E-state index is 13.5. The molecule has 146 valence electrons. The van der Waals surface area contributed by atoms with Crippen molar-refractivity contribution in [2.45, 2.75) is 37.6 Å². The first-order valence-corrected chi connectivity index (χ1v) is 12.2. The fourth-order valence-corrected chi connectivity index (χ4v) is 6.25. The van der Waals surface area contributed by atoms with E-state index in [9.17, 15) is 13.2 Å². The Morgan fingerprint density at radius 2 is 1.25 bits per heavy atom. The summed E-state index contributed by atoms with van der Waals surface area (Å²) in [6, 6.07) is 20.5. The molecule has 0 atom stereocenters. The van der Waals surface area contributed by atoms with E-state index in [1.54, 1.807) is 30.4 Å². The van der Waals surface area contributed by atoms with E-state index >= 15 is 0 Å². The predicted octanol–water partition coefficient (Wildman–Crippen LogP) is 7.55. The standard InChI is InChI=1S/C22H20F3S3/c1-15-10-16(22(23,24)25)12-21(11-15)28(19-8-4-6-17(13-19)26-2)20-9-5-7-18(14-20)27-3/h4-14H,1-3H3/q+1. The van der Waals surface area contributed by atoms with Crippen LogP contribution in [0.3, 0.4) is 0 Å². The zero-order valence-corrected chi connectivity index (χ0v) is 18.2. The molecule has 0 bridgehead atoms. The number of aryl methyl sites for hydroxylation is 1. The lowest BCUT2D eigenvalue weighted by Crippen LogP contribution is -2.10. The summed E-state index contributed by atoms with van der Waals surface area (Å²) in [5.41, 5.74) is 0.0198. The molecule has 3 aromatic carbocycles. The lowest BCUT2D eigenvalue weighted by Gasteiger charge is -2.13. The molecule has 0 amide bonds. The molecule has 0 saturated carbocycles. The summed E-state index contributed by atoms with van der Waals surface area (Å²) in [5.74, 6) is 0. The molecule has 0 nitrogen and oxygen atoms in total. The second-order valence-corrected chi connectivity index (χ2v) is 9.98. The van der Waals surface area contributed by atoms with E-state index in [4.69, 9.17) is 0 Å². The Kier molecular flexibility index (Phi) is 6.73. The molecule has 0 N–H and O–H groups in total. The average molecular weight is 438 g/mol. The SMILES string of the molecule is CSc1cccc([S+](c2cccc(SC)c2)c2cc(C)cc(C(F)(F)F)c2)c1. The van der Waals surface area contributed by atoms with Gasteiger partial charge in [-0.3, -0.25) is 0 Å². The Morgan fingerprint density at radius 1 is 0.714 bits per heavy atom. The monoisotopic (exact) mass is 437 g/mol. The van der Waals surface area contributed by atoms with Crippen LogP contribution < -0.4 is 0 Å². The summed E-state index contributed by atoms with van der Waals surface area (Å²) < 4.78 is 40.4. The van der Waals surface area contributed by atoms with Gasteiger partial charge in [0.1, 0.15) is 0 Å². The van der Waals surface area contributed by atoms with Crippen molar-refractivity contribution in [3.05, 3.63) is 77.9 Å². The molecule has 0 aliphatic carbocycles. The quantitative estimate of drug-likeness (QED) is 0.298. The lowest BCUT2D eigenvalue weighted by atomic mass is 10.1. The molecule has 0 radical (unpaired) electrons. The summed E-state index contributed by atoms with van der Waals surface area (Å²) in [5, 5.41) is 0. The van der Waals surface area contributed by atoms with Gasteiger partial charge in [-0.25, -0.2) is 0 Å². The van der Waals surface area contributed by atoms with Gasteiger partial charge in [-0.1, -0.05) is 12.1 Å². The van der Waals surface area contributed by atoms with Crippen LogP contribution in [0.4, 0.5) is 13.2 Å². The first-order valence-electron chi connectivity index (χ1n) is 8.53. The predicted molar refractivity (Wildman–Crippen MR) is 115 cm³/mol. The molecule has 3 aromatic rings. The van der Waals surface area contributed by atoms with Crippen LogP contribution in [-0.4, -0.2) is 12.5 Å². The van der Waals surface area contributed by atoms with E-state index in [2.05, 4.69) is 12.1 Å². The summed E-state index contributed by atoms with van der Waals surface area (Å²) in [4.78, 5) is 4.91. The van der Waals surface area contributed by atoms with Crippen molar-refractivity contribution in [2.24, 2.45) is 0 Å².